The summed E-state index contributed by atoms with van der Waals surface area (Å²) in [6.07, 6.45) is 2.19. The SMILES string of the molecule is CC1=C(C)C(=O)C(CCCc2nc3cc(Cl)ccc3s2)=C(C)C1=O. The van der Waals surface area contributed by atoms with Crippen molar-refractivity contribution < 1.29 is 9.59 Å². The summed E-state index contributed by atoms with van der Waals surface area (Å²) in [5, 5.41) is 1.72. The zero-order valence-electron chi connectivity index (χ0n) is 13.9. The van der Waals surface area contributed by atoms with Crippen LogP contribution in [0.5, 0.6) is 0 Å². The van der Waals surface area contributed by atoms with Crippen molar-refractivity contribution in [2.24, 2.45) is 0 Å². The van der Waals surface area contributed by atoms with Crippen LogP contribution in [-0.4, -0.2) is 16.6 Å². The summed E-state index contributed by atoms with van der Waals surface area (Å²) in [7, 11) is 0. The van der Waals surface area contributed by atoms with Crippen LogP contribution in [0, 0.1) is 0 Å². The van der Waals surface area contributed by atoms with E-state index < -0.39 is 0 Å². The zero-order valence-corrected chi connectivity index (χ0v) is 15.5. The first kappa shape index (κ1) is 17.1. The van der Waals surface area contributed by atoms with Crippen molar-refractivity contribution in [1.82, 2.24) is 4.98 Å². The average molecular weight is 360 g/mol. The fraction of sp³-hybridized carbons (Fsp3) is 0.316. The molecule has 5 heteroatoms. The number of nitrogens with zero attached hydrogens (tertiary/aromatic N) is 1. The molecule has 0 fully saturated rings. The second-order valence-corrected chi connectivity index (χ2v) is 7.64. The summed E-state index contributed by atoms with van der Waals surface area (Å²) in [5.41, 5.74) is 3.32. The summed E-state index contributed by atoms with van der Waals surface area (Å²) in [6, 6.07) is 5.71. The quantitative estimate of drug-likeness (QED) is 0.715. The van der Waals surface area contributed by atoms with Gasteiger partial charge in [0.1, 0.15) is 0 Å². The molecular formula is C19H18ClNO2S. The van der Waals surface area contributed by atoms with Gasteiger partial charge in [-0.3, -0.25) is 9.59 Å². The number of fused-ring (bicyclic) bond motifs is 1. The number of hydrogen-bond donors (Lipinski definition) is 0. The predicted octanol–water partition coefficient (Wildman–Crippen LogP) is 5.08. The molecular weight excluding hydrogens is 342 g/mol. The van der Waals surface area contributed by atoms with Crippen molar-refractivity contribution in [3.63, 3.8) is 0 Å². The molecule has 3 rings (SSSR count). The lowest BCUT2D eigenvalue weighted by molar-refractivity contribution is -0.116. The number of carbonyl (C=O) groups excluding carboxylic acids is 2. The number of ketones is 2. The van der Waals surface area contributed by atoms with Crippen molar-refractivity contribution in [3.8, 4) is 0 Å². The Bertz CT molecular complexity index is 921. The van der Waals surface area contributed by atoms with Crippen LogP contribution in [0.2, 0.25) is 5.02 Å². The van der Waals surface area contributed by atoms with Gasteiger partial charge in [0.2, 0.25) is 0 Å². The molecule has 1 aliphatic carbocycles. The van der Waals surface area contributed by atoms with E-state index in [2.05, 4.69) is 4.98 Å². The molecule has 0 atom stereocenters. The predicted molar refractivity (Wildman–Crippen MR) is 98.7 cm³/mol. The largest absolute Gasteiger partial charge is 0.289 e. The minimum Gasteiger partial charge on any atom is -0.289 e. The highest BCUT2D eigenvalue weighted by Crippen LogP contribution is 2.29. The van der Waals surface area contributed by atoms with Crippen molar-refractivity contribution >= 4 is 44.7 Å². The van der Waals surface area contributed by atoms with E-state index in [4.69, 9.17) is 11.6 Å². The Morgan fingerprint density at radius 2 is 1.71 bits per heavy atom. The maximum absolute atomic E-state index is 12.4. The number of allylic oxidation sites excluding steroid dienone is 4. The molecule has 1 heterocycles. The van der Waals surface area contributed by atoms with Gasteiger partial charge in [-0.05, 0) is 58.2 Å². The number of halogens is 1. The fourth-order valence-electron chi connectivity index (χ4n) is 2.93. The smallest absolute Gasteiger partial charge is 0.185 e. The van der Waals surface area contributed by atoms with Crippen LogP contribution in [0.1, 0.15) is 38.6 Å². The molecule has 0 saturated carbocycles. The lowest BCUT2D eigenvalue weighted by atomic mass is 9.84. The number of aryl methyl sites for hydroxylation is 1. The Hall–Kier alpha value is -1.78. The van der Waals surface area contributed by atoms with Crippen molar-refractivity contribution in [3.05, 3.63) is 50.5 Å². The molecule has 0 radical (unpaired) electrons. The second kappa shape index (κ2) is 6.61. The van der Waals surface area contributed by atoms with E-state index in [9.17, 15) is 9.59 Å². The topological polar surface area (TPSA) is 47.0 Å². The van der Waals surface area contributed by atoms with Gasteiger partial charge in [-0.1, -0.05) is 11.6 Å². The van der Waals surface area contributed by atoms with E-state index in [0.29, 0.717) is 33.7 Å². The monoisotopic (exact) mass is 359 g/mol. The summed E-state index contributed by atoms with van der Waals surface area (Å²) in [6.45, 7) is 5.21. The van der Waals surface area contributed by atoms with Crippen LogP contribution in [-0.2, 0) is 16.0 Å². The molecule has 0 aliphatic heterocycles. The van der Waals surface area contributed by atoms with E-state index in [1.54, 1.807) is 32.1 Å². The first-order chi connectivity index (χ1) is 11.4. The second-order valence-electron chi connectivity index (χ2n) is 6.09. The number of carbonyl (C=O) groups is 2. The standard InChI is InChI=1S/C19H18ClNO2S/c1-10-11(2)19(23)14(12(3)18(10)22)5-4-6-17-21-15-9-13(20)7-8-16(15)24-17/h7-9H,4-6H2,1-3H3. The summed E-state index contributed by atoms with van der Waals surface area (Å²) < 4.78 is 1.11. The Morgan fingerprint density at radius 3 is 2.46 bits per heavy atom. The lowest BCUT2D eigenvalue weighted by Crippen LogP contribution is -2.20. The third-order valence-electron chi connectivity index (χ3n) is 4.52. The van der Waals surface area contributed by atoms with Gasteiger partial charge in [0, 0.05) is 27.3 Å². The molecule has 0 saturated heterocycles. The normalized spacial score (nSPS) is 15.8. The number of aromatic nitrogens is 1. The highest BCUT2D eigenvalue weighted by molar-refractivity contribution is 7.18. The fourth-order valence-corrected chi connectivity index (χ4v) is 4.08. The third-order valence-corrected chi connectivity index (χ3v) is 5.85. The van der Waals surface area contributed by atoms with E-state index in [-0.39, 0.29) is 11.6 Å². The van der Waals surface area contributed by atoms with Gasteiger partial charge in [0.15, 0.2) is 11.6 Å². The Kier molecular flexibility index (Phi) is 4.70. The minimum absolute atomic E-state index is 0.00303. The first-order valence-electron chi connectivity index (χ1n) is 7.90. The number of hydrogen-bond acceptors (Lipinski definition) is 4. The molecule has 2 aromatic rings. The van der Waals surface area contributed by atoms with Crippen LogP contribution in [0.25, 0.3) is 10.2 Å². The molecule has 3 nitrogen and oxygen atoms in total. The molecule has 1 aromatic heterocycles. The maximum Gasteiger partial charge on any atom is 0.185 e. The van der Waals surface area contributed by atoms with Gasteiger partial charge in [0.25, 0.3) is 0 Å². The first-order valence-corrected chi connectivity index (χ1v) is 9.09. The minimum atomic E-state index is -0.00303. The molecule has 0 N–H and O–H groups in total. The Balaban J connectivity index is 1.71. The molecule has 1 aliphatic rings. The Labute approximate surface area is 150 Å². The zero-order chi connectivity index (χ0) is 17.4. The number of rotatable bonds is 4. The van der Waals surface area contributed by atoms with Crippen LogP contribution >= 0.6 is 22.9 Å². The van der Waals surface area contributed by atoms with Gasteiger partial charge < -0.3 is 0 Å². The lowest BCUT2D eigenvalue weighted by Gasteiger charge is -2.18. The third kappa shape index (κ3) is 3.08. The molecule has 0 amide bonds. The van der Waals surface area contributed by atoms with E-state index in [1.165, 1.54) is 0 Å². The van der Waals surface area contributed by atoms with Crippen LogP contribution in [0.4, 0.5) is 0 Å². The molecule has 1 aromatic carbocycles. The van der Waals surface area contributed by atoms with Gasteiger partial charge in [0.05, 0.1) is 15.2 Å². The number of thiazole rings is 1. The van der Waals surface area contributed by atoms with Crippen LogP contribution in [0.15, 0.2) is 40.5 Å². The highest BCUT2D eigenvalue weighted by atomic mass is 35.5. The molecule has 24 heavy (non-hydrogen) atoms. The van der Waals surface area contributed by atoms with Crippen LogP contribution < -0.4 is 0 Å². The number of benzene rings is 1. The van der Waals surface area contributed by atoms with Gasteiger partial charge in [-0.2, -0.15) is 0 Å². The summed E-state index contributed by atoms with van der Waals surface area (Å²) in [4.78, 5) is 29.2. The highest BCUT2D eigenvalue weighted by Gasteiger charge is 2.27. The van der Waals surface area contributed by atoms with Gasteiger partial charge in [-0.25, -0.2) is 4.98 Å². The Morgan fingerprint density at radius 1 is 1.00 bits per heavy atom. The molecule has 124 valence electrons. The van der Waals surface area contributed by atoms with Crippen molar-refractivity contribution in [2.45, 2.75) is 40.0 Å². The molecule has 0 bridgehead atoms. The number of Topliss-reactive ketones (excluding diaryl/α,β-unsaturated/α-hetero) is 2. The van der Waals surface area contributed by atoms with E-state index >= 15 is 0 Å². The van der Waals surface area contributed by atoms with Gasteiger partial charge >= 0.3 is 0 Å². The van der Waals surface area contributed by atoms with Gasteiger partial charge in [-0.15, -0.1) is 11.3 Å². The summed E-state index contributed by atoms with van der Waals surface area (Å²) >= 11 is 7.64. The van der Waals surface area contributed by atoms with E-state index in [1.807, 2.05) is 18.2 Å². The van der Waals surface area contributed by atoms with Crippen LogP contribution in [0.3, 0.4) is 0 Å². The average Bonchev–Trinajstić information content (AvgIpc) is 2.96. The molecule has 0 spiro atoms. The summed E-state index contributed by atoms with van der Waals surface area (Å²) in [5.74, 6) is 0.0115. The van der Waals surface area contributed by atoms with Crippen molar-refractivity contribution in [2.75, 3.05) is 0 Å². The van der Waals surface area contributed by atoms with E-state index in [0.717, 1.165) is 28.1 Å². The maximum atomic E-state index is 12.4. The van der Waals surface area contributed by atoms with Crippen molar-refractivity contribution in [1.29, 1.82) is 0 Å². The molecule has 0 unspecified atom stereocenters.